The lowest BCUT2D eigenvalue weighted by Gasteiger charge is -2.27. The minimum atomic E-state index is -0.394. The zero-order chi connectivity index (χ0) is 22.1. The van der Waals surface area contributed by atoms with E-state index in [4.69, 9.17) is 4.74 Å². The van der Waals surface area contributed by atoms with Gasteiger partial charge in [0.2, 0.25) is 5.91 Å². The Balaban J connectivity index is 1.34. The predicted octanol–water partition coefficient (Wildman–Crippen LogP) is 4.48. The molecular weight excluding hydrogens is 400 g/mol. The first-order valence-electron chi connectivity index (χ1n) is 10.7. The number of nitrogens with zero attached hydrogens (tertiary/aromatic N) is 3. The number of pyridine rings is 1. The molecule has 3 heterocycles. The lowest BCUT2D eigenvalue weighted by atomic mass is 9.87. The number of rotatable bonds is 5. The van der Waals surface area contributed by atoms with Crippen LogP contribution in [0.1, 0.15) is 34.0 Å². The van der Waals surface area contributed by atoms with E-state index in [-0.39, 0.29) is 5.91 Å². The maximum absolute atomic E-state index is 13.3. The summed E-state index contributed by atoms with van der Waals surface area (Å²) >= 11 is 0. The fraction of sp³-hybridized carbons (Fsp3) is 0.192. The third-order valence-electron chi connectivity index (χ3n) is 5.92. The number of carbonyl (C=O) groups excluding carboxylic acids is 1. The molecule has 4 aromatic rings. The van der Waals surface area contributed by atoms with Crippen LogP contribution in [0.3, 0.4) is 0 Å². The zero-order valence-electron chi connectivity index (χ0n) is 18.1. The van der Waals surface area contributed by atoms with Crippen LogP contribution in [-0.2, 0) is 11.2 Å². The first-order valence-corrected chi connectivity index (χ1v) is 10.7. The lowest BCUT2D eigenvalue weighted by molar-refractivity contribution is -0.121. The van der Waals surface area contributed by atoms with Gasteiger partial charge in [0.05, 0.1) is 11.6 Å². The molecule has 0 saturated heterocycles. The van der Waals surface area contributed by atoms with Crippen LogP contribution in [0, 0.1) is 13.8 Å². The van der Waals surface area contributed by atoms with E-state index in [9.17, 15) is 4.79 Å². The first kappa shape index (κ1) is 20.0. The number of ether oxygens (including phenoxy) is 1. The Bertz CT molecular complexity index is 1230. The summed E-state index contributed by atoms with van der Waals surface area (Å²) in [5.74, 6) is 1.83. The second kappa shape index (κ2) is 8.30. The summed E-state index contributed by atoms with van der Waals surface area (Å²) < 4.78 is 7.87. The molecule has 0 saturated carbocycles. The molecule has 2 aromatic carbocycles. The molecule has 1 amide bonds. The van der Waals surface area contributed by atoms with Gasteiger partial charge in [-0.3, -0.25) is 4.79 Å². The van der Waals surface area contributed by atoms with Crippen LogP contribution in [0.5, 0.6) is 11.5 Å². The van der Waals surface area contributed by atoms with Crippen molar-refractivity contribution in [2.45, 2.75) is 26.2 Å². The van der Waals surface area contributed by atoms with Gasteiger partial charge in [0.1, 0.15) is 11.5 Å². The van der Waals surface area contributed by atoms with Crippen LogP contribution >= 0.6 is 0 Å². The van der Waals surface area contributed by atoms with Crippen LogP contribution in [0.4, 0.5) is 0 Å². The van der Waals surface area contributed by atoms with E-state index >= 15 is 0 Å². The standard InChI is InChI=1S/C26H24N4O2/c1-17-19(18(2)30(29-17)24-13-7-8-15-27-24)14-16-28-26(31)25-20-9-3-5-11-22(20)32-23-12-6-4-10-21(23)25/h3-13,15,25H,14,16H2,1-2H3,(H,28,31). The van der Waals surface area contributed by atoms with Crippen LogP contribution in [0.15, 0.2) is 72.9 Å². The molecule has 0 fully saturated rings. The molecule has 0 atom stereocenters. The Kier molecular flexibility index (Phi) is 5.19. The van der Waals surface area contributed by atoms with Gasteiger partial charge in [-0.1, -0.05) is 42.5 Å². The van der Waals surface area contributed by atoms with E-state index in [0.717, 1.165) is 45.4 Å². The molecule has 6 nitrogen and oxygen atoms in total. The molecule has 6 heteroatoms. The van der Waals surface area contributed by atoms with Crippen molar-refractivity contribution in [3.8, 4) is 17.3 Å². The molecule has 1 N–H and O–H groups in total. The monoisotopic (exact) mass is 424 g/mol. The van der Waals surface area contributed by atoms with Crippen molar-refractivity contribution in [3.05, 3.63) is 101 Å². The summed E-state index contributed by atoms with van der Waals surface area (Å²) in [7, 11) is 0. The topological polar surface area (TPSA) is 69.0 Å². The van der Waals surface area contributed by atoms with Crippen molar-refractivity contribution >= 4 is 5.91 Å². The number of hydrogen-bond acceptors (Lipinski definition) is 4. The molecule has 5 rings (SSSR count). The van der Waals surface area contributed by atoms with Crippen LogP contribution < -0.4 is 10.1 Å². The van der Waals surface area contributed by atoms with Gasteiger partial charge in [-0.15, -0.1) is 0 Å². The van der Waals surface area contributed by atoms with Crippen molar-refractivity contribution < 1.29 is 9.53 Å². The first-order chi connectivity index (χ1) is 15.6. The molecule has 1 aliphatic rings. The Morgan fingerprint density at radius 2 is 1.62 bits per heavy atom. The second-order valence-corrected chi connectivity index (χ2v) is 7.90. The predicted molar refractivity (Wildman–Crippen MR) is 122 cm³/mol. The number of fused-ring (bicyclic) bond motifs is 2. The highest BCUT2D eigenvalue weighted by Gasteiger charge is 2.32. The lowest BCUT2D eigenvalue weighted by Crippen LogP contribution is -2.33. The normalized spacial score (nSPS) is 12.6. The molecule has 0 radical (unpaired) electrons. The van der Waals surface area contributed by atoms with Crippen molar-refractivity contribution in [1.82, 2.24) is 20.1 Å². The molecular formula is C26H24N4O2. The number of nitrogens with one attached hydrogen (secondary N) is 1. The van der Waals surface area contributed by atoms with E-state index in [2.05, 4.69) is 15.4 Å². The molecule has 160 valence electrons. The fourth-order valence-electron chi connectivity index (χ4n) is 4.34. The minimum Gasteiger partial charge on any atom is -0.457 e. The third-order valence-corrected chi connectivity index (χ3v) is 5.92. The summed E-state index contributed by atoms with van der Waals surface area (Å²) in [5.41, 5.74) is 4.89. The molecule has 0 unspecified atom stereocenters. The van der Waals surface area contributed by atoms with Crippen molar-refractivity contribution in [3.63, 3.8) is 0 Å². The van der Waals surface area contributed by atoms with Crippen LogP contribution in [-0.4, -0.2) is 27.2 Å². The quantitative estimate of drug-likeness (QED) is 0.513. The summed E-state index contributed by atoms with van der Waals surface area (Å²) in [5, 5.41) is 7.79. The molecule has 0 aliphatic carbocycles. The highest BCUT2D eigenvalue weighted by Crippen LogP contribution is 2.43. The summed E-state index contributed by atoms with van der Waals surface area (Å²) in [4.78, 5) is 17.7. The Hall–Kier alpha value is -3.93. The average Bonchev–Trinajstić information content (AvgIpc) is 3.11. The molecule has 2 aromatic heterocycles. The maximum atomic E-state index is 13.3. The van der Waals surface area contributed by atoms with Gasteiger partial charge in [-0.25, -0.2) is 9.67 Å². The van der Waals surface area contributed by atoms with Gasteiger partial charge in [-0.05, 0) is 50.1 Å². The number of hydrogen-bond donors (Lipinski definition) is 1. The van der Waals surface area contributed by atoms with E-state index in [1.165, 1.54) is 0 Å². The number of para-hydroxylation sites is 2. The van der Waals surface area contributed by atoms with Gasteiger partial charge < -0.3 is 10.1 Å². The van der Waals surface area contributed by atoms with Crippen molar-refractivity contribution in [2.75, 3.05) is 6.54 Å². The zero-order valence-corrected chi connectivity index (χ0v) is 18.1. The Morgan fingerprint density at radius 3 is 2.28 bits per heavy atom. The highest BCUT2D eigenvalue weighted by atomic mass is 16.5. The molecule has 0 spiro atoms. The fourth-order valence-corrected chi connectivity index (χ4v) is 4.34. The van der Waals surface area contributed by atoms with Gasteiger partial charge in [0.15, 0.2) is 5.82 Å². The van der Waals surface area contributed by atoms with Gasteiger partial charge >= 0.3 is 0 Å². The Labute approximate surface area is 186 Å². The maximum Gasteiger partial charge on any atom is 0.232 e. The van der Waals surface area contributed by atoms with E-state index in [1.807, 2.05) is 85.3 Å². The third kappa shape index (κ3) is 3.54. The number of benzene rings is 2. The van der Waals surface area contributed by atoms with E-state index < -0.39 is 5.92 Å². The molecule has 32 heavy (non-hydrogen) atoms. The smallest absolute Gasteiger partial charge is 0.232 e. The minimum absolute atomic E-state index is 0.0272. The van der Waals surface area contributed by atoms with Crippen LogP contribution in [0.2, 0.25) is 0 Å². The second-order valence-electron chi connectivity index (χ2n) is 7.90. The highest BCUT2D eigenvalue weighted by molar-refractivity contribution is 5.89. The summed E-state index contributed by atoms with van der Waals surface area (Å²) in [6, 6.07) is 21.2. The number of amides is 1. The van der Waals surface area contributed by atoms with Gasteiger partial charge in [0, 0.05) is 29.6 Å². The number of aryl methyl sites for hydroxylation is 1. The largest absolute Gasteiger partial charge is 0.457 e. The van der Waals surface area contributed by atoms with Crippen molar-refractivity contribution in [1.29, 1.82) is 0 Å². The van der Waals surface area contributed by atoms with Gasteiger partial charge in [-0.2, -0.15) is 5.10 Å². The van der Waals surface area contributed by atoms with Crippen molar-refractivity contribution in [2.24, 2.45) is 0 Å². The average molecular weight is 425 g/mol. The van der Waals surface area contributed by atoms with Crippen LogP contribution in [0.25, 0.3) is 5.82 Å². The summed E-state index contributed by atoms with van der Waals surface area (Å²) in [6.45, 7) is 4.56. The van der Waals surface area contributed by atoms with E-state index in [1.54, 1.807) is 6.20 Å². The SMILES string of the molecule is Cc1nn(-c2ccccn2)c(C)c1CCNC(=O)C1c2ccccc2Oc2ccccc21. The summed E-state index contributed by atoms with van der Waals surface area (Å²) in [6.07, 6.45) is 2.46. The van der Waals surface area contributed by atoms with Gasteiger partial charge in [0.25, 0.3) is 0 Å². The number of carbonyl (C=O) groups is 1. The van der Waals surface area contributed by atoms with E-state index in [0.29, 0.717) is 13.0 Å². The number of aromatic nitrogens is 3. The molecule has 1 aliphatic heterocycles. The molecule has 0 bridgehead atoms. The Morgan fingerprint density at radius 1 is 0.969 bits per heavy atom.